The van der Waals surface area contributed by atoms with Gasteiger partial charge in [-0.3, -0.25) is 9.10 Å². The standard InChI is InChI=1S/C21H27N3O3S/c1-22(2)19-10-7-15-24(16-19)21(25)17-11-13-20(14-12-17)28(26,27)23(3)18-8-5-4-6-9-18/h4-6,8-9,11-14,19H,7,10,15-16H2,1-3H3. The molecule has 150 valence electrons. The molecule has 2 aromatic rings. The van der Waals surface area contributed by atoms with Gasteiger partial charge in [-0.15, -0.1) is 0 Å². The number of para-hydroxylation sites is 1. The summed E-state index contributed by atoms with van der Waals surface area (Å²) in [5, 5.41) is 0. The van der Waals surface area contributed by atoms with Gasteiger partial charge in [0.1, 0.15) is 0 Å². The number of anilines is 1. The molecule has 2 aromatic carbocycles. The highest BCUT2D eigenvalue weighted by Gasteiger charge is 2.26. The summed E-state index contributed by atoms with van der Waals surface area (Å²) < 4.78 is 27.0. The van der Waals surface area contributed by atoms with E-state index in [1.165, 1.54) is 23.5 Å². The van der Waals surface area contributed by atoms with Gasteiger partial charge >= 0.3 is 0 Å². The normalized spacial score (nSPS) is 17.6. The Morgan fingerprint density at radius 3 is 2.25 bits per heavy atom. The average Bonchev–Trinajstić information content (AvgIpc) is 2.73. The molecule has 1 fully saturated rings. The summed E-state index contributed by atoms with van der Waals surface area (Å²) in [7, 11) is 1.91. The van der Waals surface area contributed by atoms with E-state index < -0.39 is 10.0 Å². The zero-order chi connectivity index (χ0) is 20.3. The van der Waals surface area contributed by atoms with E-state index in [-0.39, 0.29) is 10.8 Å². The lowest BCUT2D eigenvalue weighted by molar-refractivity contribution is 0.0635. The number of likely N-dealkylation sites (tertiary alicyclic amines) is 1. The quantitative estimate of drug-likeness (QED) is 0.773. The topological polar surface area (TPSA) is 60.9 Å². The molecule has 3 rings (SSSR count). The Balaban J connectivity index is 1.76. The molecule has 1 aliphatic heterocycles. The SMILES string of the molecule is CN(C)C1CCCN(C(=O)c2ccc(S(=O)(=O)N(C)c3ccccc3)cc2)C1. The smallest absolute Gasteiger partial charge is 0.264 e. The van der Waals surface area contributed by atoms with Gasteiger partial charge in [-0.2, -0.15) is 0 Å². The Bertz CT molecular complexity index is 912. The van der Waals surface area contributed by atoms with Gasteiger partial charge in [-0.05, 0) is 63.3 Å². The third-order valence-electron chi connectivity index (χ3n) is 5.29. The summed E-state index contributed by atoms with van der Waals surface area (Å²) in [6.45, 7) is 1.43. The predicted octanol–water partition coefficient (Wildman–Crippen LogP) is 2.68. The predicted molar refractivity (Wildman–Crippen MR) is 111 cm³/mol. The number of hydrogen-bond donors (Lipinski definition) is 0. The van der Waals surface area contributed by atoms with Gasteiger partial charge in [-0.1, -0.05) is 18.2 Å². The van der Waals surface area contributed by atoms with E-state index in [9.17, 15) is 13.2 Å². The van der Waals surface area contributed by atoms with Crippen LogP contribution in [0.3, 0.4) is 0 Å². The van der Waals surface area contributed by atoms with Crippen molar-refractivity contribution in [2.45, 2.75) is 23.8 Å². The van der Waals surface area contributed by atoms with Gasteiger partial charge in [0.05, 0.1) is 10.6 Å². The molecule has 28 heavy (non-hydrogen) atoms. The molecule has 0 N–H and O–H groups in total. The minimum atomic E-state index is -3.68. The number of nitrogens with zero attached hydrogens (tertiary/aromatic N) is 3. The summed E-state index contributed by atoms with van der Waals surface area (Å²) in [6.07, 6.45) is 2.06. The summed E-state index contributed by atoms with van der Waals surface area (Å²) in [5.74, 6) is -0.0492. The maximum atomic E-state index is 12.9. The molecule has 1 aliphatic rings. The molecule has 7 heteroatoms. The van der Waals surface area contributed by atoms with Gasteiger partial charge in [0.15, 0.2) is 0 Å². The molecule has 6 nitrogen and oxygen atoms in total. The largest absolute Gasteiger partial charge is 0.337 e. The van der Waals surface area contributed by atoms with Gasteiger partial charge in [0, 0.05) is 31.7 Å². The minimum Gasteiger partial charge on any atom is -0.337 e. The number of likely N-dealkylation sites (N-methyl/N-ethyl adjacent to an activating group) is 1. The second kappa shape index (κ2) is 8.32. The zero-order valence-electron chi connectivity index (χ0n) is 16.6. The minimum absolute atomic E-state index is 0.0492. The fraction of sp³-hybridized carbons (Fsp3) is 0.381. The van der Waals surface area contributed by atoms with Crippen LogP contribution in [0.5, 0.6) is 0 Å². The van der Waals surface area contributed by atoms with Crippen molar-refractivity contribution in [3.05, 3.63) is 60.2 Å². The van der Waals surface area contributed by atoms with E-state index in [0.717, 1.165) is 19.4 Å². The van der Waals surface area contributed by atoms with Crippen LogP contribution in [0.4, 0.5) is 5.69 Å². The number of hydrogen-bond acceptors (Lipinski definition) is 4. The number of rotatable bonds is 5. The van der Waals surface area contributed by atoms with Crippen LogP contribution in [-0.2, 0) is 10.0 Å². The Morgan fingerprint density at radius 1 is 1.00 bits per heavy atom. The van der Waals surface area contributed by atoms with Crippen molar-refractivity contribution in [1.82, 2.24) is 9.80 Å². The average molecular weight is 402 g/mol. The third kappa shape index (κ3) is 4.20. The molecule has 0 radical (unpaired) electrons. The van der Waals surface area contributed by atoms with Crippen LogP contribution in [0, 0.1) is 0 Å². The number of carbonyl (C=O) groups excluding carboxylic acids is 1. The number of sulfonamides is 1. The van der Waals surface area contributed by atoms with Crippen molar-refractivity contribution in [3.63, 3.8) is 0 Å². The molecule has 1 saturated heterocycles. The molecule has 0 bridgehead atoms. The zero-order valence-corrected chi connectivity index (χ0v) is 17.4. The van der Waals surface area contributed by atoms with E-state index in [2.05, 4.69) is 4.90 Å². The summed E-state index contributed by atoms with van der Waals surface area (Å²) in [5.41, 5.74) is 1.10. The first-order chi connectivity index (χ1) is 13.3. The Hall–Kier alpha value is -2.38. The summed E-state index contributed by atoms with van der Waals surface area (Å²) >= 11 is 0. The maximum absolute atomic E-state index is 12.9. The molecule has 0 aliphatic carbocycles. The number of carbonyl (C=O) groups is 1. The van der Waals surface area contributed by atoms with Crippen LogP contribution < -0.4 is 4.31 Å². The van der Waals surface area contributed by atoms with Crippen molar-refractivity contribution >= 4 is 21.6 Å². The van der Waals surface area contributed by atoms with E-state index in [0.29, 0.717) is 23.8 Å². The summed E-state index contributed by atoms with van der Waals surface area (Å²) in [4.78, 5) is 17.0. The van der Waals surface area contributed by atoms with E-state index in [1.54, 1.807) is 36.4 Å². The van der Waals surface area contributed by atoms with E-state index in [4.69, 9.17) is 0 Å². The van der Waals surface area contributed by atoms with Crippen LogP contribution >= 0.6 is 0 Å². The lowest BCUT2D eigenvalue weighted by Gasteiger charge is -2.36. The molecule has 1 heterocycles. The lowest BCUT2D eigenvalue weighted by Crippen LogP contribution is -2.47. The molecule has 0 spiro atoms. The first-order valence-electron chi connectivity index (χ1n) is 9.40. The van der Waals surface area contributed by atoms with Crippen LogP contribution in [0.1, 0.15) is 23.2 Å². The van der Waals surface area contributed by atoms with Gasteiger partial charge in [0.2, 0.25) is 0 Å². The molecule has 0 aromatic heterocycles. The van der Waals surface area contributed by atoms with Crippen molar-refractivity contribution in [1.29, 1.82) is 0 Å². The van der Waals surface area contributed by atoms with Gasteiger partial charge < -0.3 is 9.80 Å². The molecule has 1 unspecified atom stereocenters. The van der Waals surface area contributed by atoms with Gasteiger partial charge in [0.25, 0.3) is 15.9 Å². The molecule has 1 atom stereocenters. The Morgan fingerprint density at radius 2 is 1.64 bits per heavy atom. The van der Waals surface area contributed by atoms with Crippen molar-refractivity contribution in [3.8, 4) is 0 Å². The van der Waals surface area contributed by atoms with Crippen LogP contribution in [0.25, 0.3) is 0 Å². The van der Waals surface area contributed by atoms with Crippen molar-refractivity contribution < 1.29 is 13.2 Å². The van der Waals surface area contributed by atoms with Crippen LogP contribution in [-0.4, -0.2) is 64.4 Å². The number of amides is 1. The van der Waals surface area contributed by atoms with E-state index >= 15 is 0 Å². The van der Waals surface area contributed by atoms with Crippen LogP contribution in [0.2, 0.25) is 0 Å². The number of piperidine rings is 1. The molecule has 0 saturated carbocycles. The fourth-order valence-electron chi connectivity index (χ4n) is 3.45. The highest BCUT2D eigenvalue weighted by atomic mass is 32.2. The highest BCUT2D eigenvalue weighted by molar-refractivity contribution is 7.92. The third-order valence-corrected chi connectivity index (χ3v) is 7.09. The monoisotopic (exact) mass is 401 g/mol. The first kappa shape index (κ1) is 20.4. The molecule has 1 amide bonds. The highest BCUT2D eigenvalue weighted by Crippen LogP contribution is 2.23. The molecular formula is C21H27N3O3S. The second-order valence-corrected chi connectivity index (χ2v) is 9.31. The Kier molecular flexibility index (Phi) is 6.05. The van der Waals surface area contributed by atoms with Gasteiger partial charge in [-0.25, -0.2) is 8.42 Å². The van der Waals surface area contributed by atoms with Crippen molar-refractivity contribution in [2.75, 3.05) is 38.5 Å². The summed E-state index contributed by atoms with van der Waals surface area (Å²) in [6, 6.07) is 15.5. The maximum Gasteiger partial charge on any atom is 0.264 e. The number of benzene rings is 2. The van der Waals surface area contributed by atoms with E-state index in [1.807, 2.05) is 25.1 Å². The van der Waals surface area contributed by atoms with Crippen molar-refractivity contribution in [2.24, 2.45) is 0 Å². The fourth-order valence-corrected chi connectivity index (χ4v) is 4.64. The first-order valence-corrected chi connectivity index (χ1v) is 10.8. The Labute approximate surface area is 167 Å². The van der Waals surface area contributed by atoms with Crippen LogP contribution in [0.15, 0.2) is 59.5 Å². The molecular weight excluding hydrogens is 374 g/mol. The lowest BCUT2D eigenvalue weighted by atomic mass is 10.0. The second-order valence-electron chi connectivity index (χ2n) is 7.34.